The predicted octanol–water partition coefficient (Wildman–Crippen LogP) is 3.05. The molecule has 1 aromatic heterocycles. The lowest BCUT2D eigenvalue weighted by atomic mass is 10.2. The first-order valence-electron chi connectivity index (χ1n) is 6.09. The van der Waals surface area contributed by atoms with Gasteiger partial charge in [0, 0.05) is 35.0 Å². The van der Waals surface area contributed by atoms with E-state index in [1.807, 2.05) is 36.2 Å². The molecule has 0 bridgehead atoms. The summed E-state index contributed by atoms with van der Waals surface area (Å²) in [6.45, 7) is 2.11. The second-order valence-corrected chi connectivity index (χ2v) is 5.51. The molecule has 0 saturated heterocycles. The van der Waals surface area contributed by atoms with Crippen molar-refractivity contribution in [3.63, 3.8) is 0 Å². The zero-order valence-electron chi connectivity index (χ0n) is 10.5. The van der Waals surface area contributed by atoms with Crippen LogP contribution in [-0.4, -0.2) is 16.8 Å². The minimum Gasteiger partial charge on any atom is -0.327 e. The van der Waals surface area contributed by atoms with Gasteiger partial charge in [0.2, 0.25) is 0 Å². The lowest BCUT2D eigenvalue weighted by Crippen LogP contribution is -2.25. The molecule has 1 atom stereocenters. The molecule has 0 fully saturated rings. The van der Waals surface area contributed by atoms with Gasteiger partial charge in [0.25, 0.3) is 0 Å². The number of hydrogen-bond donors (Lipinski definition) is 1. The molecule has 2 rings (SSSR count). The van der Waals surface area contributed by atoms with Crippen LogP contribution in [0.1, 0.15) is 11.3 Å². The Kier molecular flexibility index (Phi) is 4.79. The molecule has 18 heavy (non-hydrogen) atoms. The molecule has 0 amide bonds. The summed E-state index contributed by atoms with van der Waals surface area (Å²) in [7, 11) is 0. The van der Waals surface area contributed by atoms with Gasteiger partial charge >= 0.3 is 0 Å². The first-order valence-corrected chi connectivity index (χ1v) is 7.07. The molecular formula is C15H18N2S. The third-order valence-corrected chi connectivity index (χ3v) is 3.83. The summed E-state index contributed by atoms with van der Waals surface area (Å²) in [5.41, 5.74) is 8.49. The Morgan fingerprint density at radius 3 is 2.83 bits per heavy atom. The summed E-state index contributed by atoms with van der Waals surface area (Å²) < 4.78 is 0. The molecule has 0 aliphatic carbocycles. The Morgan fingerprint density at radius 2 is 2.11 bits per heavy atom. The number of nitrogens with zero attached hydrogens (tertiary/aromatic N) is 1. The van der Waals surface area contributed by atoms with Crippen LogP contribution in [0.25, 0.3) is 0 Å². The fourth-order valence-electron chi connectivity index (χ4n) is 1.75. The van der Waals surface area contributed by atoms with Gasteiger partial charge in [-0.05, 0) is 31.2 Å². The number of benzene rings is 1. The van der Waals surface area contributed by atoms with Crippen LogP contribution in [0.3, 0.4) is 0 Å². The quantitative estimate of drug-likeness (QED) is 0.838. The second kappa shape index (κ2) is 6.57. The third kappa shape index (κ3) is 4.17. The van der Waals surface area contributed by atoms with Gasteiger partial charge < -0.3 is 5.73 Å². The van der Waals surface area contributed by atoms with Gasteiger partial charge in [-0.1, -0.05) is 23.8 Å². The van der Waals surface area contributed by atoms with Crippen molar-refractivity contribution in [3.05, 3.63) is 59.9 Å². The van der Waals surface area contributed by atoms with Crippen molar-refractivity contribution < 1.29 is 0 Å². The summed E-state index contributed by atoms with van der Waals surface area (Å²) in [6.07, 6.45) is 2.65. The third-order valence-electron chi connectivity index (χ3n) is 2.65. The number of nitrogens with two attached hydrogens (primary N) is 1. The van der Waals surface area contributed by atoms with Crippen LogP contribution < -0.4 is 5.73 Å². The summed E-state index contributed by atoms with van der Waals surface area (Å²) in [5.74, 6) is 0.917. The normalized spacial score (nSPS) is 12.3. The van der Waals surface area contributed by atoms with Crippen LogP contribution in [0.15, 0.2) is 53.6 Å². The minimum absolute atomic E-state index is 0.144. The lowest BCUT2D eigenvalue weighted by Gasteiger charge is -2.10. The topological polar surface area (TPSA) is 38.9 Å². The largest absolute Gasteiger partial charge is 0.327 e. The Morgan fingerprint density at radius 1 is 1.22 bits per heavy atom. The van der Waals surface area contributed by atoms with E-state index in [1.54, 1.807) is 0 Å². The van der Waals surface area contributed by atoms with Crippen molar-refractivity contribution in [3.8, 4) is 0 Å². The van der Waals surface area contributed by atoms with Crippen LogP contribution in [-0.2, 0) is 6.42 Å². The van der Waals surface area contributed by atoms with Crippen molar-refractivity contribution >= 4 is 11.8 Å². The molecule has 0 aliphatic heterocycles. The SMILES string of the molecule is Cc1cccc(SCC(N)Cc2ccccn2)c1. The van der Waals surface area contributed by atoms with Crippen molar-refractivity contribution in [2.75, 3.05) is 5.75 Å². The molecule has 0 radical (unpaired) electrons. The summed E-state index contributed by atoms with van der Waals surface area (Å²) >= 11 is 1.81. The molecule has 0 aliphatic rings. The number of pyridine rings is 1. The van der Waals surface area contributed by atoms with E-state index in [1.165, 1.54) is 10.5 Å². The highest BCUT2D eigenvalue weighted by Crippen LogP contribution is 2.19. The predicted molar refractivity (Wildman–Crippen MR) is 77.8 cm³/mol. The Balaban J connectivity index is 1.83. The smallest absolute Gasteiger partial charge is 0.0419 e. The maximum absolute atomic E-state index is 6.13. The first kappa shape index (κ1) is 13.1. The fraction of sp³-hybridized carbons (Fsp3) is 0.267. The van der Waals surface area contributed by atoms with E-state index in [2.05, 4.69) is 36.2 Å². The number of rotatable bonds is 5. The number of aromatic nitrogens is 1. The van der Waals surface area contributed by atoms with E-state index in [4.69, 9.17) is 5.73 Å². The summed E-state index contributed by atoms with van der Waals surface area (Å²) in [4.78, 5) is 5.58. The Bertz CT molecular complexity index is 485. The highest BCUT2D eigenvalue weighted by atomic mass is 32.2. The number of hydrogen-bond acceptors (Lipinski definition) is 3. The van der Waals surface area contributed by atoms with Crippen LogP contribution in [0.2, 0.25) is 0 Å². The average molecular weight is 258 g/mol. The molecule has 2 nitrogen and oxygen atoms in total. The van der Waals surface area contributed by atoms with E-state index in [0.717, 1.165) is 17.9 Å². The van der Waals surface area contributed by atoms with E-state index in [9.17, 15) is 0 Å². The zero-order valence-corrected chi connectivity index (χ0v) is 11.4. The van der Waals surface area contributed by atoms with E-state index in [-0.39, 0.29) is 6.04 Å². The second-order valence-electron chi connectivity index (χ2n) is 4.41. The van der Waals surface area contributed by atoms with Crippen LogP contribution in [0.5, 0.6) is 0 Å². The Labute approximate surface area is 113 Å². The molecule has 3 heteroatoms. The molecule has 1 unspecified atom stereocenters. The van der Waals surface area contributed by atoms with Gasteiger partial charge in [0.15, 0.2) is 0 Å². The molecule has 1 aromatic carbocycles. The van der Waals surface area contributed by atoms with Gasteiger partial charge in [-0.2, -0.15) is 0 Å². The lowest BCUT2D eigenvalue weighted by molar-refractivity contribution is 0.732. The first-order chi connectivity index (χ1) is 8.74. The maximum Gasteiger partial charge on any atom is 0.0419 e. The highest BCUT2D eigenvalue weighted by Gasteiger charge is 2.05. The Hall–Kier alpha value is -1.32. The van der Waals surface area contributed by atoms with Crippen molar-refractivity contribution in [1.82, 2.24) is 4.98 Å². The maximum atomic E-state index is 6.13. The van der Waals surface area contributed by atoms with Crippen molar-refractivity contribution in [2.24, 2.45) is 5.73 Å². The highest BCUT2D eigenvalue weighted by molar-refractivity contribution is 7.99. The van der Waals surface area contributed by atoms with E-state index >= 15 is 0 Å². The van der Waals surface area contributed by atoms with Crippen LogP contribution >= 0.6 is 11.8 Å². The number of thioether (sulfide) groups is 1. The van der Waals surface area contributed by atoms with Gasteiger partial charge in [0.1, 0.15) is 0 Å². The summed E-state index contributed by atoms with van der Waals surface area (Å²) in [5, 5.41) is 0. The van der Waals surface area contributed by atoms with Gasteiger partial charge in [0.05, 0.1) is 0 Å². The molecule has 2 N–H and O–H groups in total. The van der Waals surface area contributed by atoms with Gasteiger partial charge in [-0.15, -0.1) is 11.8 Å². The molecule has 0 saturated carbocycles. The molecule has 2 aromatic rings. The monoisotopic (exact) mass is 258 g/mol. The molecule has 94 valence electrons. The van der Waals surface area contributed by atoms with Gasteiger partial charge in [-0.3, -0.25) is 4.98 Å². The van der Waals surface area contributed by atoms with E-state index in [0.29, 0.717) is 0 Å². The molecular weight excluding hydrogens is 240 g/mol. The van der Waals surface area contributed by atoms with Crippen molar-refractivity contribution in [1.29, 1.82) is 0 Å². The standard InChI is InChI=1S/C15H18N2S/c1-12-5-4-7-15(9-12)18-11-13(16)10-14-6-2-3-8-17-14/h2-9,13H,10-11,16H2,1H3. The fourth-order valence-corrected chi connectivity index (χ4v) is 2.72. The molecule has 0 spiro atoms. The van der Waals surface area contributed by atoms with Crippen LogP contribution in [0.4, 0.5) is 0 Å². The zero-order chi connectivity index (χ0) is 12.8. The van der Waals surface area contributed by atoms with E-state index < -0.39 is 0 Å². The number of aryl methyl sites for hydroxylation is 1. The van der Waals surface area contributed by atoms with Gasteiger partial charge in [-0.25, -0.2) is 0 Å². The molecule has 1 heterocycles. The van der Waals surface area contributed by atoms with Crippen LogP contribution in [0, 0.1) is 6.92 Å². The van der Waals surface area contributed by atoms with Crippen molar-refractivity contribution in [2.45, 2.75) is 24.3 Å². The average Bonchev–Trinajstić information content (AvgIpc) is 2.38. The minimum atomic E-state index is 0.144. The summed E-state index contributed by atoms with van der Waals surface area (Å²) in [6, 6.07) is 14.6.